The molecule has 1 aromatic carbocycles. The minimum absolute atomic E-state index is 0. The van der Waals surface area contributed by atoms with Crippen molar-refractivity contribution in [2.24, 2.45) is 4.99 Å². The summed E-state index contributed by atoms with van der Waals surface area (Å²) < 4.78 is 32.3. The number of guanidine groups is 1. The molecule has 1 aromatic heterocycles. The second-order valence-electron chi connectivity index (χ2n) is 5.22. The number of aliphatic imine (C=N–C) groups is 1. The van der Waals surface area contributed by atoms with Crippen LogP contribution in [0.1, 0.15) is 29.6 Å². The van der Waals surface area contributed by atoms with Crippen LogP contribution in [0.4, 0.5) is 8.78 Å². The second-order valence-corrected chi connectivity index (χ2v) is 5.22. The summed E-state index contributed by atoms with van der Waals surface area (Å²) in [6.45, 7) is 6.98. The summed E-state index contributed by atoms with van der Waals surface area (Å²) in [5.74, 6) is 1.30. The third-order valence-corrected chi connectivity index (χ3v) is 3.35. The summed E-state index contributed by atoms with van der Waals surface area (Å²) in [7, 11) is 0. The van der Waals surface area contributed by atoms with Gasteiger partial charge in [-0.15, -0.1) is 24.0 Å². The molecule has 1 heterocycles. The Bertz CT molecular complexity index is 701. The SMILES string of the molecule is CCNC(=NCc1cc(C)oc1C)NCc1cc(F)ccc1F.I. The van der Waals surface area contributed by atoms with E-state index in [1.54, 1.807) is 0 Å². The van der Waals surface area contributed by atoms with Crippen LogP contribution in [-0.2, 0) is 13.1 Å². The molecule has 0 unspecified atom stereocenters. The zero-order valence-corrected chi connectivity index (χ0v) is 16.3. The summed E-state index contributed by atoms with van der Waals surface area (Å²) >= 11 is 0. The van der Waals surface area contributed by atoms with Gasteiger partial charge in [0, 0.05) is 24.2 Å². The summed E-state index contributed by atoms with van der Waals surface area (Å²) in [6, 6.07) is 5.33. The third kappa shape index (κ3) is 5.77. The van der Waals surface area contributed by atoms with Crippen LogP contribution in [0, 0.1) is 25.5 Å². The van der Waals surface area contributed by atoms with Crippen molar-refractivity contribution < 1.29 is 13.2 Å². The van der Waals surface area contributed by atoms with Crippen LogP contribution in [0.3, 0.4) is 0 Å². The maximum absolute atomic E-state index is 13.6. The van der Waals surface area contributed by atoms with Crippen molar-refractivity contribution >= 4 is 29.9 Å². The van der Waals surface area contributed by atoms with Crippen LogP contribution >= 0.6 is 24.0 Å². The molecule has 0 spiro atoms. The van der Waals surface area contributed by atoms with Gasteiger partial charge in [-0.2, -0.15) is 0 Å². The topological polar surface area (TPSA) is 49.6 Å². The van der Waals surface area contributed by atoms with Crippen LogP contribution in [0.25, 0.3) is 0 Å². The Hall–Kier alpha value is -1.64. The first-order chi connectivity index (χ1) is 11.0. The second kappa shape index (κ2) is 9.61. The Morgan fingerprint density at radius 1 is 1.12 bits per heavy atom. The Balaban J connectivity index is 0.00000288. The van der Waals surface area contributed by atoms with Gasteiger partial charge in [-0.05, 0) is 45.0 Å². The largest absolute Gasteiger partial charge is 0.466 e. The minimum atomic E-state index is -0.463. The molecule has 2 rings (SSSR count). The molecule has 2 N–H and O–H groups in total. The summed E-state index contributed by atoms with van der Waals surface area (Å²) in [5, 5.41) is 6.08. The maximum atomic E-state index is 13.6. The van der Waals surface area contributed by atoms with Gasteiger partial charge in [0.15, 0.2) is 5.96 Å². The molecule has 0 aliphatic carbocycles. The predicted molar refractivity (Wildman–Crippen MR) is 102 cm³/mol. The van der Waals surface area contributed by atoms with Gasteiger partial charge in [0.2, 0.25) is 0 Å². The van der Waals surface area contributed by atoms with Crippen molar-refractivity contribution in [3.8, 4) is 0 Å². The maximum Gasteiger partial charge on any atom is 0.191 e. The Morgan fingerprint density at radius 2 is 1.88 bits per heavy atom. The van der Waals surface area contributed by atoms with E-state index in [4.69, 9.17) is 4.42 Å². The van der Waals surface area contributed by atoms with E-state index in [1.165, 1.54) is 6.07 Å². The van der Waals surface area contributed by atoms with Crippen molar-refractivity contribution in [1.29, 1.82) is 0 Å². The van der Waals surface area contributed by atoms with Gasteiger partial charge < -0.3 is 15.1 Å². The van der Waals surface area contributed by atoms with E-state index in [1.807, 2.05) is 26.8 Å². The first-order valence-corrected chi connectivity index (χ1v) is 7.51. The van der Waals surface area contributed by atoms with Gasteiger partial charge in [0.1, 0.15) is 23.2 Å². The third-order valence-electron chi connectivity index (χ3n) is 3.35. The summed E-state index contributed by atoms with van der Waals surface area (Å²) in [6.07, 6.45) is 0. The molecule has 0 bridgehead atoms. The zero-order chi connectivity index (χ0) is 16.8. The van der Waals surface area contributed by atoms with Crippen LogP contribution in [0.2, 0.25) is 0 Å². The van der Waals surface area contributed by atoms with Crippen molar-refractivity contribution in [2.45, 2.75) is 33.9 Å². The number of aryl methyl sites for hydroxylation is 2. The number of nitrogens with zero attached hydrogens (tertiary/aromatic N) is 1. The normalized spacial score (nSPS) is 11.1. The monoisotopic (exact) mass is 449 g/mol. The molecule has 0 saturated heterocycles. The molecule has 0 radical (unpaired) electrons. The molecule has 24 heavy (non-hydrogen) atoms. The molecular formula is C17H22F2IN3O. The molecule has 0 amide bonds. The van der Waals surface area contributed by atoms with Gasteiger partial charge in [-0.1, -0.05) is 0 Å². The van der Waals surface area contributed by atoms with Gasteiger partial charge in [0.05, 0.1) is 6.54 Å². The number of hydrogen-bond acceptors (Lipinski definition) is 2. The van der Waals surface area contributed by atoms with Crippen molar-refractivity contribution in [2.75, 3.05) is 6.54 Å². The van der Waals surface area contributed by atoms with E-state index in [2.05, 4.69) is 15.6 Å². The lowest BCUT2D eigenvalue weighted by Gasteiger charge is -2.11. The Morgan fingerprint density at radius 3 is 2.50 bits per heavy atom. The first kappa shape index (κ1) is 20.4. The van der Waals surface area contributed by atoms with Crippen molar-refractivity contribution in [3.63, 3.8) is 0 Å². The molecule has 132 valence electrons. The zero-order valence-electron chi connectivity index (χ0n) is 14.0. The minimum Gasteiger partial charge on any atom is -0.466 e. The molecule has 2 aromatic rings. The molecule has 0 atom stereocenters. The van der Waals surface area contributed by atoms with E-state index in [0.29, 0.717) is 19.0 Å². The molecule has 0 aliphatic rings. The number of furan rings is 1. The van der Waals surface area contributed by atoms with E-state index in [9.17, 15) is 8.78 Å². The number of hydrogen-bond donors (Lipinski definition) is 2. The van der Waals surface area contributed by atoms with Gasteiger partial charge >= 0.3 is 0 Å². The first-order valence-electron chi connectivity index (χ1n) is 7.51. The van der Waals surface area contributed by atoms with E-state index in [0.717, 1.165) is 29.2 Å². The molecular weight excluding hydrogens is 427 g/mol. The average Bonchev–Trinajstić information content (AvgIpc) is 2.83. The van der Waals surface area contributed by atoms with Crippen molar-refractivity contribution in [1.82, 2.24) is 10.6 Å². The van der Waals surface area contributed by atoms with Gasteiger partial charge in [-0.3, -0.25) is 0 Å². The fourth-order valence-corrected chi connectivity index (χ4v) is 2.20. The molecule has 0 saturated carbocycles. The summed E-state index contributed by atoms with van der Waals surface area (Å²) in [5.41, 5.74) is 1.25. The lowest BCUT2D eigenvalue weighted by atomic mass is 10.2. The van der Waals surface area contributed by atoms with E-state index in [-0.39, 0.29) is 36.1 Å². The van der Waals surface area contributed by atoms with Gasteiger partial charge in [0.25, 0.3) is 0 Å². The highest BCUT2D eigenvalue weighted by molar-refractivity contribution is 14.0. The number of nitrogens with one attached hydrogen (secondary N) is 2. The van der Waals surface area contributed by atoms with Crippen LogP contribution < -0.4 is 10.6 Å². The van der Waals surface area contributed by atoms with Gasteiger partial charge in [-0.25, -0.2) is 13.8 Å². The molecule has 0 aliphatic heterocycles. The highest BCUT2D eigenvalue weighted by atomic mass is 127. The molecule has 7 heteroatoms. The highest BCUT2D eigenvalue weighted by Crippen LogP contribution is 2.14. The summed E-state index contributed by atoms with van der Waals surface area (Å²) in [4.78, 5) is 4.44. The van der Waals surface area contributed by atoms with Crippen molar-refractivity contribution in [3.05, 3.63) is 58.5 Å². The van der Waals surface area contributed by atoms with E-state index >= 15 is 0 Å². The lowest BCUT2D eigenvalue weighted by molar-refractivity contribution is 0.501. The molecule has 0 fully saturated rings. The fourth-order valence-electron chi connectivity index (χ4n) is 2.20. The Kier molecular flexibility index (Phi) is 8.17. The average molecular weight is 449 g/mol. The Labute approximate surface area is 157 Å². The number of rotatable bonds is 5. The standard InChI is InChI=1S/C17H21F2N3O.HI/c1-4-20-17(21-9-13-7-11(2)23-12(13)3)22-10-14-8-15(18)5-6-16(14)19;/h5-8H,4,9-10H2,1-3H3,(H2,20,21,22);1H. The smallest absolute Gasteiger partial charge is 0.191 e. The fraction of sp³-hybridized carbons (Fsp3) is 0.353. The lowest BCUT2D eigenvalue weighted by Crippen LogP contribution is -2.37. The number of benzene rings is 1. The van der Waals surface area contributed by atoms with E-state index < -0.39 is 11.6 Å². The van der Waals surface area contributed by atoms with Crippen LogP contribution in [-0.4, -0.2) is 12.5 Å². The molecule has 4 nitrogen and oxygen atoms in total. The van der Waals surface area contributed by atoms with Crippen LogP contribution in [0.5, 0.6) is 0 Å². The highest BCUT2D eigenvalue weighted by Gasteiger charge is 2.07. The predicted octanol–water partition coefficient (Wildman–Crippen LogP) is 4.05. The van der Waals surface area contributed by atoms with Crippen LogP contribution in [0.15, 0.2) is 33.7 Å². The quantitative estimate of drug-likeness (QED) is 0.412. The number of halogens is 3.